The van der Waals surface area contributed by atoms with Crippen LogP contribution in [0.4, 0.5) is 5.69 Å². The highest BCUT2D eigenvalue weighted by Crippen LogP contribution is 2.19. The molecule has 3 aromatic rings. The Morgan fingerprint density at radius 3 is 2.34 bits per heavy atom. The van der Waals surface area contributed by atoms with Crippen molar-refractivity contribution in [3.63, 3.8) is 0 Å². The number of esters is 1. The van der Waals surface area contributed by atoms with E-state index in [4.69, 9.17) is 4.74 Å². The average Bonchev–Trinajstić information content (AvgIpc) is 2.91. The number of ether oxygens (including phenoxy) is 1. The van der Waals surface area contributed by atoms with Crippen molar-refractivity contribution >= 4 is 28.6 Å². The number of hydrogen-bond acceptors (Lipinski definition) is 3. The van der Waals surface area contributed by atoms with E-state index in [0.29, 0.717) is 12.2 Å². The molecule has 0 atom stereocenters. The summed E-state index contributed by atoms with van der Waals surface area (Å²) in [6, 6.07) is 11.5. The SMILES string of the molecule is CCOC(=O)c1ccc2c(c1)n(CC(=O)Nc1cc(C)cc(C)c1)c(C)[n+]2CC. The van der Waals surface area contributed by atoms with Gasteiger partial charge in [-0.05, 0) is 63.1 Å². The number of carbonyl (C=O) groups excluding carboxylic acids is 2. The first-order chi connectivity index (χ1) is 13.8. The first-order valence-corrected chi connectivity index (χ1v) is 9.92. The van der Waals surface area contributed by atoms with Gasteiger partial charge in [0.25, 0.3) is 11.7 Å². The zero-order chi connectivity index (χ0) is 21.1. The van der Waals surface area contributed by atoms with Crippen LogP contribution < -0.4 is 9.88 Å². The van der Waals surface area contributed by atoms with E-state index in [9.17, 15) is 9.59 Å². The van der Waals surface area contributed by atoms with E-state index in [-0.39, 0.29) is 18.4 Å². The molecule has 29 heavy (non-hydrogen) atoms. The molecule has 6 nitrogen and oxygen atoms in total. The molecule has 2 aromatic carbocycles. The number of aromatic nitrogens is 2. The lowest BCUT2D eigenvalue weighted by Gasteiger charge is -2.07. The summed E-state index contributed by atoms with van der Waals surface area (Å²) in [7, 11) is 0. The van der Waals surface area contributed by atoms with Crippen molar-refractivity contribution in [1.29, 1.82) is 0 Å². The van der Waals surface area contributed by atoms with Gasteiger partial charge >= 0.3 is 5.97 Å². The predicted molar refractivity (Wildman–Crippen MR) is 113 cm³/mol. The van der Waals surface area contributed by atoms with Crippen molar-refractivity contribution in [2.45, 2.75) is 47.7 Å². The van der Waals surface area contributed by atoms with Gasteiger partial charge in [-0.1, -0.05) is 6.07 Å². The van der Waals surface area contributed by atoms with Crippen molar-refractivity contribution in [3.05, 3.63) is 58.9 Å². The summed E-state index contributed by atoms with van der Waals surface area (Å²) in [6.07, 6.45) is 0. The number of nitrogens with one attached hydrogen (secondary N) is 1. The molecule has 0 radical (unpaired) electrons. The number of anilines is 1. The number of amides is 1. The highest BCUT2D eigenvalue weighted by molar-refractivity contribution is 5.94. The third-order valence-corrected chi connectivity index (χ3v) is 4.97. The van der Waals surface area contributed by atoms with Gasteiger partial charge in [0, 0.05) is 18.7 Å². The smallest absolute Gasteiger partial charge is 0.338 e. The molecule has 152 valence electrons. The first kappa shape index (κ1) is 20.6. The zero-order valence-corrected chi connectivity index (χ0v) is 17.7. The Kier molecular flexibility index (Phi) is 6.01. The molecule has 0 fully saturated rings. The van der Waals surface area contributed by atoms with Crippen LogP contribution >= 0.6 is 0 Å². The maximum atomic E-state index is 12.8. The van der Waals surface area contributed by atoms with Crippen LogP contribution in [0.15, 0.2) is 36.4 Å². The third-order valence-electron chi connectivity index (χ3n) is 4.97. The van der Waals surface area contributed by atoms with Crippen LogP contribution in [0.1, 0.15) is 41.2 Å². The largest absolute Gasteiger partial charge is 0.462 e. The van der Waals surface area contributed by atoms with Crippen molar-refractivity contribution in [1.82, 2.24) is 4.57 Å². The molecule has 1 heterocycles. The monoisotopic (exact) mass is 394 g/mol. The number of aryl methyl sites for hydroxylation is 3. The molecule has 0 aliphatic rings. The van der Waals surface area contributed by atoms with Gasteiger partial charge in [-0.15, -0.1) is 0 Å². The zero-order valence-electron chi connectivity index (χ0n) is 17.7. The van der Waals surface area contributed by atoms with Crippen molar-refractivity contribution in [3.8, 4) is 0 Å². The number of hydrogen-bond donors (Lipinski definition) is 1. The molecule has 0 spiro atoms. The van der Waals surface area contributed by atoms with E-state index in [2.05, 4.69) is 22.9 Å². The summed E-state index contributed by atoms with van der Waals surface area (Å²) in [5, 5.41) is 2.99. The van der Waals surface area contributed by atoms with Crippen LogP contribution in [-0.4, -0.2) is 23.1 Å². The fourth-order valence-electron chi connectivity index (χ4n) is 3.79. The van der Waals surface area contributed by atoms with Crippen LogP contribution in [-0.2, 0) is 22.6 Å². The number of nitrogens with zero attached hydrogens (tertiary/aromatic N) is 2. The van der Waals surface area contributed by atoms with Crippen LogP contribution in [0.2, 0.25) is 0 Å². The molecule has 6 heteroatoms. The molecular formula is C23H28N3O3+. The maximum absolute atomic E-state index is 12.8. The minimum absolute atomic E-state index is 0.111. The number of rotatable bonds is 6. The third kappa shape index (κ3) is 4.31. The van der Waals surface area contributed by atoms with E-state index in [1.165, 1.54) is 0 Å². The molecular weight excluding hydrogens is 366 g/mol. The Hall–Kier alpha value is -3.15. The van der Waals surface area contributed by atoms with Crippen molar-refractivity contribution < 1.29 is 18.9 Å². The number of benzene rings is 2. The molecule has 3 rings (SSSR count). The summed E-state index contributed by atoms with van der Waals surface area (Å²) in [4.78, 5) is 25.0. The van der Waals surface area contributed by atoms with Crippen molar-refractivity contribution in [2.75, 3.05) is 11.9 Å². The number of carbonyl (C=O) groups is 2. The highest BCUT2D eigenvalue weighted by Gasteiger charge is 2.24. The standard InChI is InChI=1S/C23H27N3O3/c1-6-25-17(5)26(14-22(27)24-19-11-15(3)10-16(4)12-19)21-13-18(8-9-20(21)25)23(28)29-7-2/h8-13H,6-7,14H2,1-5H3/p+1. The van der Waals surface area contributed by atoms with Gasteiger partial charge in [-0.2, -0.15) is 0 Å². The first-order valence-electron chi connectivity index (χ1n) is 9.92. The van der Waals surface area contributed by atoms with Gasteiger partial charge in [0.15, 0.2) is 17.6 Å². The topological polar surface area (TPSA) is 64.2 Å². The second-order valence-corrected chi connectivity index (χ2v) is 7.23. The lowest BCUT2D eigenvalue weighted by Crippen LogP contribution is -2.35. The Balaban J connectivity index is 1.96. The molecule has 1 N–H and O–H groups in total. The van der Waals surface area contributed by atoms with E-state index in [0.717, 1.165) is 40.2 Å². The van der Waals surface area contributed by atoms with Crippen LogP contribution in [0.5, 0.6) is 0 Å². The molecule has 0 bridgehead atoms. The van der Waals surface area contributed by atoms with Gasteiger partial charge in [0.05, 0.1) is 18.7 Å². The number of fused-ring (bicyclic) bond motifs is 1. The predicted octanol–water partition coefficient (Wildman–Crippen LogP) is 3.69. The Labute approximate surface area is 171 Å². The number of imidazole rings is 1. The second kappa shape index (κ2) is 8.47. The fraction of sp³-hybridized carbons (Fsp3) is 0.348. The lowest BCUT2D eigenvalue weighted by atomic mass is 10.1. The molecule has 1 amide bonds. The van der Waals surface area contributed by atoms with Crippen LogP contribution in [0.3, 0.4) is 0 Å². The van der Waals surface area contributed by atoms with Gasteiger partial charge in [0.2, 0.25) is 0 Å². The van der Waals surface area contributed by atoms with Crippen LogP contribution in [0.25, 0.3) is 11.0 Å². The van der Waals surface area contributed by atoms with Gasteiger partial charge in [0.1, 0.15) is 0 Å². The normalized spacial score (nSPS) is 10.9. The average molecular weight is 394 g/mol. The molecule has 0 aliphatic carbocycles. The molecule has 0 aliphatic heterocycles. The van der Waals surface area contributed by atoms with Crippen molar-refractivity contribution in [2.24, 2.45) is 0 Å². The van der Waals surface area contributed by atoms with Gasteiger partial charge < -0.3 is 10.1 Å². The molecule has 0 saturated carbocycles. The summed E-state index contributed by atoms with van der Waals surface area (Å²) in [5.41, 5.74) is 5.30. The Morgan fingerprint density at radius 1 is 1.03 bits per heavy atom. The summed E-state index contributed by atoms with van der Waals surface area (Å²) in [6.45, 7) is 11.1. The quantitative estimate of drug-likeness (QED) is 0.512. The Morgan fingerprint density at radius 2 is 1.72 bits per heavy atom. The van der Waals surface area contributed by atoms with E-state index in [1.807, 2.05) is 43.5 Å². The second-order valence-electron chi connectivity index (χ2n) is 7.23. The highest BCUT2D eigenvalue weighted by atomic mass is 16.5. The fourth-order valence-corrected chi connectivity index (χ4v) is 3.79. The van der Waals surface area contributed by atoms with E-state index >= 15 is 0 Å². The molecule has 1 aromatic heterocycles. The maximum Gasteiger partial charge on any atom is 0.338 e. The summed E-state index contributed by atoms with van der Waals surface area (Å²) < 4.78 is 9.21. The Bertz CT molecular complexity index is 1060. The van der Waals surface area contributed by atoms with E-state index < -0.39 is 0 Å². The summed E-state index contributed by atoms with van der Waals surface area (Å²) in [5.74, 6) is 0.487. The molecule has 0 saturated heterocycles. The van der Waals surface area contributed by atoms with Gasteiger partial charge in [-0.3, -0.25) is 4.79 Å². The summed E-state index contributed by atoms with van der Waals surface area (Å²) >= 11 is 0. The minimum atomic E-state index is -0.359. The lowest BCUT2D eigenvalue weighted by molar-refractivity contribution is -0.674. The molecule has 0 unspecified atom stereocenters. The van der Waals surface area contributed by atoms with Crippen LogP contribution in [0, 0.1) is 20.8 Å². The van der Waals surface area contributed by atoms with E-state index in [1.54, 1.807) is 19.1 Å². The van der Waals surface area contributed by atoms with Gasteiger partial charge in [-0.25, -0.2) is 13.9 Å². The minimum Gasteiger partial charge on any atom is -0.462 e.